The van der Waals surface area contributed by atoms with Gasteiger partial charge in [0.1, 0.15) is 5.82 Å². The molecule has 0 aliphatic rings. The van der Waals surface area contributed by atoms with E-state index in [4.69, 9.17) is 5.11 Å². The molecule has 0 atom stereocenters. The molecule has 1 heterocycles. The van der Waals surface area contributed by atoms with Crippen molar-refractivity contribution in [2.45, 2.75) is 17.9 Å². The van der Waals surface area contributed by atoms with E-state index in [-0.39, 0.29) is 17.0 Å². The molecule has 0 amide bonds. The Morgan fingerprint density at radius 2 is 2.20 bits per heavy atom. The molecule has 6 nitrogen and oxygen atoms in total. The number of aromatic nitrogens is 2. The normalized spacial score (nSPS) is 11.7. The Bertz CT molecular complexity index is 671. The summed E-state index contributed by atoms with van der Waals surface area (Å²) in [5.74, 6) is -0.670. The van der Waals surface area contributed by atoms with Crippen LogP contribution in [-0.4, -0.2) is 30.0 Å². The molecule has 0 spiro atoms. The molecule has 3 N–H and O–H groups in total. The van der Waals surface area contributed by atoms with Gasteiger partial charge in [0, 0.05) is 24.9 Å². The highest BCUT2D eigenvalue weighted by Gasteiger charge is 2.18. The minimum absolute atomic E-state index is 0.145. The summed E-state index contributed by atoms with van der Waals surface area (Å²) in [7, 11) is -3.86. The van der Waals surface area contributed by atoms with E-state index < -0.39 is 22.4 Å². The first-order valence-electron chi connectivity index (χ1n) is 5.89. The second-order valence-electron chi connectivity index (χ2n) is 4.13. The number of aromatic amines is 1. The molecule has 108 valence electrons. The minimum atomic E-state index is -3.86. The summed E-state index contributed by atoms with van der Waals surface area (Å²) in [6.45, 7) is -0.330. The largest absolute Gasteiger partial charge is 0.392 e. The highest BCUT2D eigenvalue weighted by molar-refractivity contribution is 7.89. The molecule has 0 fully saturated rings. The maximum Gasteiger partial charge on any atom is 0.241 e. The van der Waals surface area contributed by atoms with Crippen LogP contribution in [0.3, 0.4) is 0 Å². The van der Waals surface area contributed by atoms with E-state index in [1.807, 2.05) is 0 Å². The number of halogens is 1. The van der Waals surface area contributed by atoms with Gasteiger partial charge in [-0.3, -0.25) is 0 Å². The van der Waals surface area contributed by atoms with Crippen LogP contribution in [0.25, 0.3) is 0 Å². The fourth-order valence-electron chi connectivity index (χ4n) is 1.73. The molecule has 2 rings (SSSR count). The zero-order valence-electron chi connectivity index (χ0n) is 10.5. The lowest BCUT2D eigenvalue weighted by Crippen LogP contribution is -2.27. The van der Waals surface area contributed by atoms with Gasteiger partial charge in [0.2, 0.25) is 10.0 Å². The van der Waals surface area contributed by atoms with Crippen molar-refractivity contribution in [3.05, 3.63) is 47.8 Å². The number of aliphatic hydroxyl groups excluding tert-OH is 1. The van der Waals surface area contributed by atoms with Gasteiger partial charge in [-0.2, -0.15) is 0 Å². The third-order valence-corrected chi connectivity index (χ3v) is 4.27. The summed E-state index contributed by atoms with van der Waals surface area (Å²) >= 11 is 0. The van der Waals surface area contributed by atoms with Crippen LogP contribution in [0.15, 0.2) is 35.6 Å². The fraction of sp³-hybridized carbons (Fsp3) is 0.250. The summed E-state index contributed by atoms with van der Waals surface area (Å²) in [5, 5.41) is 9.12. The number of sulfonamides is 1. The van der Waals surface area contributed by atoms with E-state index >= 15 is 0 Å². The number of rotatable bonds is 6. The van der Waals surface area contributed by atoms with Crippen LogP contribution in [0.1, 0.15) is 11.3 Å². The molecule has 0 unspecified atom stereocenters. The number of imidazole rings is 1. The van der Waals surface area contributed by atoms with Gasteiger partial charge in [0.05, 0.1) is 17.8 Å². The molecular formula is C12H14FN3O3S. The van der Waals surface area contributed by atoms with E-state index in [0.717, 1.165) is 17.8 Å². The van der Waals surface area contributed by atoms with Gasteiger partial charge >= 0.3 is 0 Å². The quantitative estimate of drug-likeness (QED) is 0.726. The lowest BCUT2D eigenvalue weighted by molar-refractivity contribution is 0.278. The third-order valence-electron chi connectivity index (χ3n) is 2.73. The summed E-state index contributed by atoms with van der Waals surface area (Å²) in [6.07, 6.45) is 3.53. The predicted molar refractivity (Wildman–Crippen MR) is 69.8 cm³/mol. The van der Waals surface area contributed by atoms with Crippen molar-refractivity contribution in [2.75, 3.05) is 6.54 Å². The fourth-order valence-corrected chi connectivity index (χ4v) is 3.00. The zero-order chi connectivity index (χ0) is 14.6. The molecule has 8 heteroatoms. The molecular weight excluding hydrogens is 285 g/mol. The van der Waals surface area contributed by atoms with Crippen LogP contribution < -0.4 is 4.72 Å². The summed E-state index contributed by atoms with van der Waals surface area (Å²) < 4.78 is 39.7. The van der Waals surface area contributed by atoms with Crippen molar-refractivity contribution in [1.29, 1.82) is 0 Å². The number of benzene rings is 1. The number of nitrogens with one attached hydrogen (secondary N) is 2. The lowest BCUT2D eigenvalue weighted by Gasteiger charge is -2.10. The summed E-state index contributed by atoms with van der Waals surface area (Å²) in [5.41, 5.74) is 0.940. The topological polar surface area (TPSA) is 95.1 Å². The smallest absolute Gasteiger partial charge is 0.241 e. The van der Waals surface area contributed by atoms with Gasteiger partial charge in [-0.1, -0.05) is 6.07 Å². The SMILES string of the molecule is O=S(=O)(NCCc1cnc[nH]1)c1cc(F)ccc1CO. The molecule has 0 aliphatic heterocycles. The number of hydrogen-bond donors (Lipinski definition) is 3. The Morgan fingerprint density at radius 1 is 1.40 bits per heavy atom. The van der Waals surface area contributed by atoms with Crippen LogP contribution in [-0.2, 0) is 23.1 Å². The summed E-state index contributed by atoms with van der Waals surface area (Å²) in [6, 6.07) is 3.25. The van der Waals surface area contributed by atoms with E-state index in [9.17, 15) is 12.8 Å². The second-order valence-corrected chi connectivity index (χ2v) is 5.87. The molecule has 20 heavy (non-hydrogen) atoms. The van der Waals surface area contributed by atoms with E-state index in [2.05, 4.69) is 14.7 Å². The highest BCUT2D eigenvalue weighted by atomic mass is 32.2. The van der Waals surface area contributed by atoms with Gasteiger partial charge in [0.25, 0.3) is 0 Å². The lowest BCUT2D eigenvalue weighted by atomic mass is 10.2. The van der Waals surface area contributed by atoms with Crippen LogP contribution in [0, 0.1) is 5.82 Å². The minimum Gasteiger partial charge on any atom is -0.392 e. The first kappa shape index (κ1) is 14.6. The Kier molecular flexibility index (Phi) is 4.48. The maximum absolute atomic E-state index is 13.2. The number of nitrogens with zero attached hydrogens (tertiary/aromatic N) is 1. The average molecular weight is 299 g/mol. The zero-order valence-corrected chi connectivity index (χ0v) is 11.3. The van der Waals surface area contributed by atoms with Crippen molar-refractivity contribution in [3.63, 3.8) is 0 Å². The van der Waals surface area contributed by atoms with E-state index in [1.54, 1.807) is 6.20 Å². The molecule has 0 saturated heterocycles. The Labute approximate surface area is 115 Å². The number of aliphatic hydroxyl groups is 1. The Hall–Kier alpha value is -1.77. The monoisotopic (exact) mass is 299 g/mol. The van der Waals surface area contributed by atoms with E-state index in [1.165, 1.54) is 12.4 Å². The van der Waals surface area contributed by atoms with Gasteiger partial charge in [-0.05, 0) is 17.7 Å². The molecule has 0 bridgehead atoms. The van der Waals surface area contributed by atoms with Crippen LogP contribution >= 0.6 is 0 Å². The molecule has 0 aliphatic carbocycles. The van der Waals surface area contributed by atoms with Gasteiger partial charge in [0.15, 0.2) is 0 Å². The van der Waals surface area contributed by atoms with E-state index in [0.29, 0.717) is 6.42 Å². The highest BCUT2D eigenvalue weighted by Crippen LogP contribution is 2.17. The van der Waals surface area contributed by atoms with Crippen molar-refractivity contribution in [2.24, 2.45) is 0 Å². The molecule has 2 aromatic rings. The van der Waals surface area contributed by atoms with Crippen molar-refractivity contribution < 1.29 is 17.9 Å². The van der Waals surface area contributed by atoms with Crippen molar-refractivity contribution in [1.82, 2.24) is 14.7 Å². The Morgan fingerprint density at radius 3 is 2.85 bits per heavy atom. The first-order valence-corrected chi connectivity index (χ1v) is 7.37. The van der Waals surface area contributed by atoms with Crippen LogP contribution in [0.2, 0.25) is 0 Å². The first-order chi connectivity index (χ1) is 9.53. The van der Waals surface area contributed by atoms with Crippen molar-refractivity contribution >= 4 is 10.0 Å². The molecule has 0 saturated carbocycles. The predicted octanol–water partition coefficient (Wildman–Crippen LogP) is 0.562. The summed E-state index contributed by atoms with van der Waals surface area (Å²) in [4.78, 5) is 6.42. The van der Waals surface area contributed by atoms with Crippen LogP contribution in [0.4, 0.5) is 4.39 Å². The number of hydrogen-bond acceptors (Lipinski definition) is 4. The van der Waals surface area contributed by atoms with Gasteiger partial charge in [-0.25, -0.2) is 22.5 Å². The van der Waals surface area contributed by atoms with Gasteiger partial charge in [-0.15, -0.1) is 0 Å². The van der Waals surface area contributed by atoms with Crippen molar-refractivity contribution in [3.8, 4) is 0 Å². The molecule has 1 aromatic heterocycles. The van der Waals surface area contributed by atoms with Crippen LogP contribution in [0.5, 0.6) is 0 Å². The third kappa shape index (κ3) is 3.41. The standard InChI is InChI=1S/C12H14FN3O3S/c13-10-2-1-9(7-17)12(5-10)20(18,19)16-4-3-11-6-14-8-15-11/h1-2,5-6,8,16-17H,3-4,7H2,(H,14,15). The molecule has 0 radical (unpaired) electrons. The average Bonchev–Trinajstić information content (AvgIpc) is 2.91. The second kappa shape index (κ2) is 6.12. The maximum atomic E-state index is 13.2. The van der Waals surface area contributed by atoms with Gasteiger partial charge < -0.3 is 10.1 Å². The molecule has 1 aromatic carbocycles. The number of H-pyrrole nitrogens is 1. The Balaban J connectivity index is 2.11.